The van der Waals surface area contributed by atoms with E-state index in [2.05, 4.69) is 23.2 Å². The minimum atomic E-state index is 0.329. The molecule has 3 rings (SSSR count). The second-order valence-corrected chi connectivity index (χ2v) is 6.81. The fourth-order valence-corrected chi connectivity index (χ4v) is 3.45. The zero-order valence-electron chi connectivity index (χ0n) is 13.8. The van der Waals surface area contributed by atoms with Crippen molar-refractivity contribution in [3.8, 4) is 6.07 Å². The van der Waals surface area contributed by atoms with E-state index in [0.717, 1.165) is 45.3 Å². The Labute approximate surface area is 138 Å². The third-order valence-corrected chi connectivity index (χ3v) is 5.15. The highest BCUT2D eigenvalue weighted by molar-refractivity contribution is 5.81. The molecule has 2 atom stereocenters. The topological polar surface area (TPSA) is 56.1 Å². The minimum absolute atomic E-state index is 0.329. The third kappa shape index (κ3) is 3.92. The highest BCUT2D eigenvalue weighted by Gasteiger charge is 2.37. The van der Waals surface area contributed by atoms with Gasteiger partial charge in [-0.15, -0.1) is 0 Å². The maximum atomic E-state index is 12.2. The number of nitrogens with one attached hydrogen (secondary N) is 1. The summed E-state index contributed by atoms with van der Waals surface area (Å²) in [6, 6.07) is 10.4. The molecule has 1 aliphatic carbocycles. The average molecular weight is 311 g/mol. The molecule has 0 unspecified atom stereocenters. The van der Waals surface area contributed by atoms with Gasteiger partial charge in [0.1, 0.15) is 0 Å². The molecule has 1 amide bonds. The van der Waals surface area contributed by atoms with Gasteiger partial charge in [-0.1, -0.05) is 25.5 Å². The van der Waals surface area contributed by atoms with Gasteiger partial charge >= 0.3 is 0 Å². The summed E-state index contributed by atoms with van der Waals surface area (Å²) >= 11 is 0. The van der Waals surface area contributed by atoms with Gasteiger partial charge in [0, 0.05) is 31.6 Å². The molecule has 23 heavy (non-hydrogen) atoms. The lowest BCUT2D eigenvalue weighted by atomic mass is 9.89. The van der Waals surface area contributed by atoms with Crippen molar-refractivity contribution in [2.45, 2.75) is 45.2 Å². The lowest BCUT2D eigenvalue weighted by molar-refractivity contribution is -0.134. The minimum Gasteiger partial charge on any atom is -0.342 e. The number of piperidine rings is 1. The molecule has 122 valence electrons. The molecule has 0 radical (unpaired) electrons. The number of benzene rings is 1. The standard InChI is InChI=1S/C19H25N3O/c1-2-16-13-22(19(23)17-7-8-17)10-9-18(16)21-12-15-5-3-14(11-20)4-6-15/h3-6,16-18,21H,2,7-10,12-13H2,1H3/t16-,18-/m0/s1. The molecule has 0 bridgehead atoms. The Bertz CT molecular complexity index is 586. The van der Waals surface area contributed by atoms with Gasteiger partial charge in [-0.2, -0.15) is 5.26 Å². The Morgan fingerprint density at radius 3 is 2.65 bits per heavy atom. The van der Waals surface area contributed by atoms with Crippen LogP contribution in [0.4, 0.5) is 0 Å². The summed E-state index contributed by atoms with van der Waals surface area (Å²) < 4.78 is 0. The molecule has 2 fully saturated rings. The van der Waals surface area contributed by atoms with E-state index in [4.69, 9.17) is 5.26 Å². The Kier molecular flexibility index (Phi) is 4.97. The Hall–Kier alpha value is -1.86. The van der Waals surface area contributed by atoms with E-state index >= 15 is 0 Å². The summed E-state index contributed by atoms with van der Waals surface area (Å²) in [5, 5.41) is 12.5. The zero-order chi connectivity index (χ0) is 16.2. The fourth-order valence-electron chi connectivity index (χ4n) is 3.45. The number of nitriles is 1. The van der Waals surface area contributed by atoms with Crippen molar-refractivity contribution in [1.29, 1.82) is 5.26 Å². The first-order chi connectivity index (χ1) is 11.2. The molecule has 2 aliphatic rings. The van der Waals surface area contributed by atoms with Crippen LogP contribution < -0.4 is 5.32 Å². The molecule has 1 heterocycles. The molecule has 1 aliphatic heterocycles. The molecule has 1 aromatic carbocycles. The Morgan fingerprint density at radius 1 is 1.30 bits per heavy atom. The van der Waals surface area contributed by atoms with Crippen molar-refractivity contribution in [3.05, 3.63) is 35.4 Å². The summed E-state index contributed by atoms with van der Waals surface area (Å²) in [5.41, 5.74) is 1.91. The maximum Gasteiger partial charge on any atom is 0.225 e. The number of likely N-dealkylation sites (tertiary alicyclic amines) is 1. The van der Waals surface area contributed by atoms with E-state index in [9.17, 15) is 4.79 Å². The average Bonchev–Trinajstić information content (AvgIpc) is 3.44. The molecule has 4 nitrogen and oxygen atoms in total. The number of rotatable bonds is 5. The molecule has 1 saturated carbocycles. The predicted molar refractivity (Wildman–Crippen MR) is 89.5 cm³/mol. The number of carbonyl (C=O) groups is 1. The van der Waals surface area contributed by atoms with Crippen molar-refractivity contribution in [3.63, 3.8) is 0 Å². The van der Waals surface area contributed by atoms with Crippen molar-refractivity contribution in [2.75, 3.05) is 13.1 Å². The smallest absolute Gasteiger partial charge is 0.225 e. The molecule has 0 aromatic heterocycles. The van der Waals surface area contributed by atoms with Gasteiger partial charge in [-0.25, -0.2) is 0 Å². The number of nitrogens with zero attached hydrogens (tertiary/aromatic N) is 2. The van der Waals surface area contributed by atoms with E-state index in [1.807, 2.05) is 24.3 Å². The van der Waals surface area contributed by atoms with Crippen LogP contribution in [-0.4, -0.2) is 29.9 Å². The van der Waals surface area contributed by atoms with Crippen LogP contribution in [0.25, 0.3) is 0 Å². The van der Waals surface area contributed by atoms with Crippen LogP contribution in [-0.2, 0) is 11.3 Å². The van der Waals surface area contributed by atoms with Crippen LogP contribution >= 0.6 is 0 Å². The molecular weight excluding hydrogens is 286 g/mol. The van der Waals surface area contributed by atoms with Gasteiger partial charge in [0.05, 0.1) is 11.6 Å². The molecule has 4 heteroatoms. The highest BCUT2D eigenvalue weighted by Crippen LogP contribution is 2.33. The van der Waals surface area contributed by atoms with Gasteiger partial charge in [-0.05, 0) is 42.9 Å². The maximum absolute atomic E-state index is 12.2. The number of hydrogen-bond acceptors (Lipinski definition) is 3. The first kappa shape index (κ1) is 16.0. The number of carbonyl (C=O) groups excluding carboxylic acids is 1. The highest BCUT2D eigenvalue weighted by atomic mass is 16.2. The van der Waals surface area contributed by atoms with Crippen LogP contribution in [0.3, 0.4) is 0 Å². The summed E-state index contributed by atoms with van der Waals surface area (Å²) in [6.45, 7) is 4.82. The van der Waals surface area contributed by atoms with Crippen molar-refractivity contribution >= 4 is 5.91 Å². The van der Waals surface area contributed by atoms with Gasteiger partial charge in [-0.3, -0.25) is 4.79 Å². The molecule has 1 N–H and O–H groups in total. The first-order valence-corrected chi connectivity index (χ1v) is 8.72. The van der Waals surface area contributed by atoms with E-state index in [0.29, 0.717) is 29.3 Å². The fraction of sp³-hybridized carbons (Fsp3) is 0.579. The van der Waals surface area contributed by atoms with Crippen LogP contribution in [0.2, 0.25) is 0 Å². The lowest BCUT2D eigenvalue weighted by Gasteiger charge is -2.39. The Balaban J connectivity index is 1.53. The SMILES string of the molecule is CC[C@H]1CN(C(=O)C2CC2)CC[C@@H]1NCc1ccc(C#N)cc1. The number of hydrogen-bond donors (Lipinski definition) is 1. The normalized spacial score (nSPS) is 24.3. The van der Waals surface area contributed by atoms with E-state index in [-0.39, 0.29) is 0 Å². The summed E-state index contributed by atoms with van der Waals surface area (Å²) in [6.07, 6.45) is 4.31. The zero-order valence-corrected chi connectivity index (χ0v) is 13.8. The van der Waals surface area contributed by atoms with Gasteiger partial charge in [0.25, 0.3) is 0 Å². The molecule has 1 saturated heterocycles. The second kappa shape index (κ2) is 7.14. The molecule has 1 aromatic rings. The van der Waals surface area contributed by atoms with E-state index in [1.165, 1.54) is 5.56 Å². The van der Waals surface area contributed by atoms with Crippen LogP contribution in [0.1, 0.15) is 43.7 Å². The summed E-state index contributed by atoms with van der Waals surface area (Å²) in [5.74, 6) is 1.24. The number of amides is 1. The van der Waals surface area contributed by atoms with Crippen LogP contribution in [0.5, 0.6) is 0 Å². The van der Waals surface area contributed by atoms with Gasteiger partial charge in [0.2, 0.25) is 5.91 Å². The molecular formula is C19H25N3O. The predicted octanol–water partition coefficient (Wildman–Crippen LogP) is 2.68. The largest absolute Gasteiger partial charge is 0.342 e. The van der Waals surface area contributed by atoms with Gasteiger partial charge < -0.3 is 10.2 Å². The van der Waals surface area contributed by atoms with Gasteiger partial charge in [0.15, 0.2) is 0 Å². The van der Waals surface area contributed by atoms with Crippen molar-refractivity contribution < 1.29 is 4.79 Å². The monoisotopic (exact) mass is 311 g/mol. The lowest BCUT2D eigenvalue weighted by Crippen LogP contribution is -2.51. The molecule has 0 spiro atoms. The Morgan fingerprint density at radius 2 is 2.04 bits per heavy atom. The van der Waals surface area contributed by atoms with E-state index in [1.54, 1.807) is 0 Å². The third-order valence-electron chi connectivity index (χ3n) is 5.15. The van der Waals surface area contributed by atoms with Crippen LogP contribution in [0.15, 0.2) is 24.3 Å². The van der Waals surface area contributed by atoms with Crippen LogP contribution in [0, 0.1) is 23.2 Å². The van der Waals surface area contributed by atoms with Crippen molar-refractivity contribution in [1.82, 2.24) is 10.2 Å². The van der Waals surface area contributed by atoms with Crippen molar-refractivity contribution in [2.24, 2.45) is 11.8 Å². The first-order valence-electron chi connectivity index (χ1n) is 8.72. The quantitative estimate of drug-likeness (QED) is 0.909. The summed E-state index contributed by atoms with van der Waals surface area (Å²) in [7, 11) is 0. The summed E-state index contributed by atoms with van der Waals surface area (Å²) in [4.78, 5) is 14.3. The second-order valence-electron chi connectivity index (χ2n) is 6.81. The van der Waals surface area contributed by atoms with E-state index < -0.39 is 0 Å².